The average molecular weight is 460 g/mol. The second-order valence-electron chi connectivity index (χ2n) is 8.52. The quantitative estimate of drug-likeness (QED) is 0.448. The van der Waals surface area contributed by atoms with Gasteiger partial charge in [0.05, 0.1) is 22.7 Å². The SMILES string of the molecule is C[C@H](NC(=O)[C@H]1CCCN(c2nccn3nc(-c4ccccc4Cl)cc23)C1)c1ccccc1. The van der Waals surface area contributed by atoms with Gasteiger partial charge in [-0.05, 0) is 37.5 Å². The molecule has 0 unspecified atom stereocenters. The summed E-state index contributed by atoms with van der Waals surface area (Å²) >= 11 is 6.39. The standard InChI is InChI=1S/C26H26ClN5O/c1-18(19-8-3-2-4-9-19)29-26(33)20-10-7-14-31(17-20)25-24-16-23(30-32(24)15-13-28-25)21-11-5-6-12-22(21)27/h2-6,8-9,11-13,15-16,18,20H,7,10,14,17H2,1H3,(H,29,33)/t18-,20-/m0/s1. The van der Waals surface area contributed by atoms with E-state index in [0.29, 0.717) is 11.6 Å². The van der Waals surface area contributed by atoms with Gasteiger partial charge in [-0.15, -0.1) is 0 Å². The van der Waals surface area contributed by atoms with Crippen molar-refractivity contribution in [1.82, 2.24) is 19.9 Å². The Kier molecular flexibility index (Phi) is 6.01. The number of rotatable bonds is 5. The summed E-state index contributed by atoms with van der Waals surface area (Å²) in [6.45, 7) is 3.52. The van der Waals surface area contributed by atoms with Crippen molar-refractivity contribution in [3.63, 3.8) is 0 Å². The van der Waals surface area contributed by atoms with Crippen LogP contribution in [0.15, 0.2) is 73.1 Å². The third-order valence-electron chi connectivity index (χ3n) is 6.27. The number of carbonyl (C=O) groups is 1. The van der Waals surface area contributed by atoms with Crippen LogP contribution in [0.2, 0.25) is 5.02 Å². The molecule has 2 aromatic heterocycles. The first kappa shape index (κ1) is 21.5. The van der Waals surface area contributed by atoms with E-state index in [1.807, 2.05) is 78.3 Å². The number of piperidine rings is 1. The normalized spacial score (nSPS) is 17.2. The van der Waals surface area contributed by atoms with Crippen LogP contribution in [-0.2, 0) is 4.79 Å². The lowest BCUT2D eigenvalue weighted by molar-refractivity contribution is -0.125. The third-order valence-corrected chi connectivity index (χ3v) is 6.60. The molecule has 0 saturated carbocycles. The molecule has 0 bridgehead atoms. The summed E-state index contributed by atoms with van der Waals surface area (Å²) in [5.74, 6) is 0.850. The van der Waals surface area contributed by atoms with Crippen LogP contribution in [0.5, 0.6) is 0 Å². The van der Waals surface area contributed by atoms with Crippen LogP contribution >= 0.6 is 11.6 Å². The fraction of sp³-hybridized carbons (Fsp3) is 0.269. The van der Waals surface area contributed by atoms with Crippen molar-refractivity contribution in [2.75, 3.05) is 18.0 Å². The van der Waals surface area contributed by atoms with E-state index < -0.39 is 0 Å². The second-order valence-corrected chi connectivity index (χ2v) is 8.92. The summed E-state index contributed by atoms with van der Waals surface area (Å²) in [5.41, 5.74) is 3.71. The van der Waals surface area contributed by atoms with Crippen molar-refractivity contribution in [3.8, 4) is 11.3 Å². The van der Waals surface area contributed by atoms with Gasteiger partial charge >= 0.3 is 0 Å². The van der Waals surface area contributed by atoms with Gasteiger partial charge in [-0.25, -0.2) is 9.50 Å². The highest BCUT2D eigenvalue weighted by Gasteiger charge is 2.28. The molecule has 4 aromatic rings. The fourth-order valence-electron chi connectivity index (χ4n) is 4.49. The largest absolute Gasteiger partial charge is 0.354 e. The Morgan fingerprint density at radius 1 is 1.15 bits per heavy atom. The van der Waals surface area contributed by atoms with Gasteiger partial charge in [0.2, 0.25) is 5.91 Å². The fourth-order valence-corrected chi connectivity index (χ4v) is 4.72. The molecule has 5 rings (SSSR count). The molecule has 6 nitrogen and oxygen atoms in total. The molecule has 1 fully saturated rings. The van der Waals surface area contributed by atoms with Crippen molar-refractivity contribution in [3.05, 3.63) is 83.6 Å². The van der Waals surface area contributed by atoms with Gasteiger partial charge in [-0.2, -0.15) is 5.10 Å². The number of carbonyl (C=O) groups excluding carboxylic acids is 1. The number of fused-ring (bicyclic) bond motifs is 1. The van der Waals surface area contributed by atoms with Gasteiger partial charge in [0, 0.05) is 31.0 Å². The van der Waals surface area contributed by atoms with E-state index in [9.17, 15) is 4.79 Å². The minimum absolute atomic E-state index is 0.0244. The van der Waals surface area contributed by atoms with Crippen LogP contribution in [0.3, 0.4) is 0 Å². The van der Waals surface area contributed by atoms with Crippen LogP contribution in [0.4, 0.5) is 5.82 Å². The molecule has 2 atom stereocenters. The van der Waals surface area contributed by atoms with Gasteiger partial charge < -0.3 is 10.2 Å². The number of aromatic nitrogens is 3. The zero-order valence-electron chi connectivity index (χ0n) is 18.5. The molecule has 1 N–H and O–H groups in total. The monoisotopic (exact) mass is 459 g/mol. The first-order valence-corrected chi connectivity index (χ1v) is 11.7. The zero-order chi connectivity index (χ0) is 22.8. The molecular formula is C26H26ClN5O. The number of hydrogen-bond donors (Lipinski definition) is 1. The summed E-state index contributed by atoms with van der Waals surface area (Å²) in [6, 6.07) is 19.7. The molecule has 7 heteroatoms. The molecule has 1 amide bonds. The molecule has 0 spiro atoms. The first-order chi connectivity index (χ1) is 16.1. The highest BCUT2D eigenvalue weighted by molar-refractivity contribution is 6.33. The zero-order valence-corrected chi connectivity index (χ0v) is 19.2. The lowest BCUT2D eigenvalue weighted by atomic mass is 9.96. The predicted molar refractivity (Wildman–Crippen MR) is 131 cm³/mol. The summed E-state index contributed by atoms with van der Waals surface area (Å²) < 4.78 is 1.84. The number of anilines is 1. The minimum Gasteiger partial charge on any atom is -0.354 e. The molecule has 3 heterocycles. The van der Waals surface area contributed by atoms with Crippen LogP contribution in [0, 0.1) is 5.92 Å². The third kappa shape index (κ3) is 4.44. The number of nitrogens with one attached hydrogen (secondary N) is 1. The van der Waals surface area contributed by atoms with Crippen molar-refractivity contribution >= 4 is 28.8 Å². The molecule has 168 valence electrons. The molecule has 33 heavy (non-hydrogen) atoms. The Hall–Kier alpha value is -3.38. The average Bonchev–Trinajstić information content (AvgIpc) is 3.29. The molecule has 0 radical (unpaired) electrons. The highest BCUT2D eigenvalue weighted by Crippen LogP contribution is 2.31. The van der Waals surface area contributed by atoms with E-state index in [2.05, 4.69) is 15.2 Å². The highest BCUT2D eigenvalue weighted by atomic mass is 35.5. The van der Waals surface area contributed by atoms with Crippen molar-refractivity contribution in [2.24, 2.45) is 5.92 Å². The van der Waals surface area contributed by atoms with E-state index in [1.54, 1.807) is 6.20 Å². The Bertz CT molecular complexity index is 1270. The van der Waals surface area contributed by atoms with Crippen LogP contribution in [0.25, 0.3) is 16.8 Å². The smallest absolute Gasteiger partial charge is 0.225 e. The Morgan fingerprint density at radius 3 is 2.76 bits per heavy atom. The molecule has 0 aliphatic carbocycles. The number of amides is 1. The van der Waals surface area contributed by atoms with E-state index in [1.165, 1.54) is 0 Å². The summed E-state index contributed by atoms with van der Waals surface area (Å²) in [4.78, 5) is 19.9. The van der Waals surface area contributed by atoms with Crippen LogP contribution in [-0.4, -0.2) is 33.6 Å². The van der Waals surface area contributed by atoms with E-state index in [0.717, 1.165) is 47.5 Å². The van der Waals surface area contributed by atoms with Crippen molar-refractivity contribution < 1.29 is 4.79 Å². The topological polar surface area (TPSA) is 62.5 Å². The van der Waals surface area contributed by atoms with Gasteiger partial charge in [0.25, 0.3) is 0 Å². The minimum atomic E-state index is -0.0853. The van der Waals surface area contributed by atoms with E-state index in [4.69, 9.17) is 16.7 Å². The second kappa shape index (κ2) is 9.24. The van der Waals surface area contributed by atoms with Gasteiger partial charge in [-0.1, -0.05) is 60.1 Å². The number of nitrogens with zero attached hydrogens (tertiary/aromatic N) is 4. The first-order valence-electron chi connectivity index (χ1n) is 11.3. The lowest BCUT2D eigenvalue weighted by Crippen LogP contribution is -2.44. The maximum absolute atomic E-state index is 13.1. The van der Waals surface area contributed by atoms with Gasteiger partial charge in [0.15, 0.2) is 5.82 Å². The van der Waals surface area contributed by atoms with Crippen molar-refractivity contribution in [1.29, 1.82) is 0 Å². The molecule has 1 saturated heterocycles. The predicted octanol–water partition coefficient (Wildman–Crippen LogP) is 5.14. The summed E-state index contributed by atoms with van der Waals surface area (Å²) in [5, 5.41) is 8.57. The van der Waals surface area contributed by atoms with E-state index in [-0.39, 0.29) is 17.9 Å². The maximum atomic E-state index is 13.1. The Labute approximate surface area is 198 Å². The molecule has 1 aliphatic rings. The number of benzene rings is 2. The Balaban J connectivity index is 1.36. The molecule has 2 aromatic carbocycles. The number of halogens is 1. The van der Waals surface area contributed by atoms with Crippen molar-refractivity contribution in [2.45, 2.75) is 25.8 Å². The maximum Gasteiger partial charge on any atom is 0.225 e. The summed E-state index contributed by atoms with van der Waals surface area (Å²) in [7, 11) is 0. The molecule has 1 aliphatic heterocycles. The Morgan fingerprint density at radius 2 is 1.94 bits per heavy atom. The van der Waals surface area contributed by atoms with Crippen LogP contribution < -0.4 is 10.2 Å². The molecular weight excluding hydrogens is 434 g/mol. The summed E-state index contributed by atoms with van der Waals surface area (Å²) in [6.07, 6.45) is 5.41. The lowest BCUT2D eigenvalue weighted by Gasteiger charge is -2.33. The van der Waals surface area contributed by atoms with E-state index >= 15 is 0 Å². The van der Waals surface area contributed by atoms with Gasteiger partial charge in [-0.3, -0.25) is 4.79 Å². The number of hydrogen-bond acceptors (Lipinski definition) is 4. The van der Waals surface area contributed by atoms with Crippen LogP contribution in [0.1, 0.15) is 31.4 Å². The van der Waals surface area contributed by atoms with Gasteiger partial charge in [0.1, 0.15) is 5.52 Å².